The minimum atomic E-state index is -3.90. The smallest absolute Gasteiger partial charge is 0.262 e. The summed E-state index contributed by atoms with van der Waals surface area (Å²) in [7, 11) is -0.931. The molecule has 2 N–H and O–H groups in total. The van der Waals surface area contributed by atoms with E-state index >= 15 is 0 Å². The number of amides is 1. The fourth-order valence-electron chi connectivity index (χ4n) is 4.95. The molecule has 2 aliphatic rings. The second-order valence-corrected chi connectivity index (χ2v) is 10.0. The number of ether oxygens (including phenoxy) is 2. The Morgan fingerprint density at radius 1 is 1.00 bits per heavy atom. The van der Waals surface area contributed by atoms with Gasteiger partial charge < -0.3 is 14.8 Å². The first-order valence-electron chi connectivity index (χ1n) is 10.5. The van der Waals surface area contributed by atoms with Crippen LogP contribution in [-0.4, -0.2) is 28.5 Å². The number of fused-ring (bicyclic) bond motifs is 2. The minimum Gasteiger partial charge on any atom is -0.495 e. The third-order valence-electron chi connectivity index (χ3n) is 6.44. The topological polar surface area (TPSA) is 93.7 Å². The van der Waals surface area contributed by atoms with Crippen molar-refractivity contribution in [2.24, 2.45) is 17.8 Å². The number of sulfonamides is 1. The number of rotatable bonds is 8. The molecule has 2 aliphatic carbocycles. The molecule has 2 bridgehead atoms. The van der Waals surface area contributed by atoms with Crippen LogP contribution in [0.25, 0.3) is 0 Å². The third-order valence-corrected chi connectivity index (χ3v) is 7.80. The van der Waals surface area contributed by atoms with Crippen molar-refractivity contribution in [1.29, 1.82) is 0 Å². The van der Waals surface area contributed by atoms with E-state index in [0.29, 0.717) is 41.1 Å². The highest BCUT2D eigenvalue weighted by molar-refractivity contribution is 7.92. The van der Waals surface area contributed by atoms with Crippen LogP contribution in [0.15, 0.2) is 47.4 Å². The number of carbonyl (C=O) groups is 1. The maximum absolute atomic E-state index is 13.0. The predicted octanol–water partition coefficient (Wildman–Crippen LogP) is 4.27. The minimum absolute atomic E-state index is 0.0226. The fourth-order valence-corrected chi connectivity index (χ4v) is 6.05. The van der Waals surface area contributed by atoms with E-state index in [-0.39, 0.29) is 10.8 Å². The summed E-state index contributed by atoms with van der Waals surface area (Å²) in [5.41, 5.74) is 0.682. The van der Waals surface area contributed by atoms with Crippen molar-refractivity contribution >= 4 is 27.3 Å². The first-order chi connectivity index (χ1) is 14.9. The summed E-state index contributed by atoms with van der Waals surface area (Å²) in [5, 5.41) is 2.87. The molecule has 0 aromatic heterocycles. The Labute approximate surface area is 183 Å². The highest BCUT2D eigenvalue weighted by atomic mass is 32.2. The first-order valence-corrected chi connectivity index (χ1v) is 12.0. The third kappa shape index (κ3) is 4.63. The zero-order chi connectivity index (χ0) is 22.0. The van der Waals surface area contributed by atoms with Crippen LogP contribution in [-0.2, 0) is 14.8 Å². The molecule has 166 valence electrons. The lowest BCUT2D eigenvalue weighted by Crippen LogP contribution is -2.21. The zero-order valence-corrected chi connectivity index (χ0v) is 18.6. The Balaban J connectivity index is 1.51. The van der Waals surface area contributed by atoms with Gasteiger partial charge in [0, 0.05) is 6.42 Å². The summed E-state index contributed by atoms with van der Waals surface area (Å²) in [6.07, 6.45) is 5.32. The normalized spacial score (nSPS) is 22.2. The van der Waals surface area contributed by atoms with Gasteiger partial charge in [-0.15, -0.1) is 0 Å². The van der Waals surface area contributed by atoms with Gasteiger partial charge in [0.25, 0.3) is 10.0 Å². The lowest BCUT2D eigenvalue weighted by molar-refractivity contribution is -0.117. The highest BCUT2D eigenvalue weighted by Gasteiger charge is 2.40. The van der Waals surface area contributed by atoms with Gasteiger partial charge in [0.2, 0.25) is 5.91 Å². The number of methoxy groups -OCH3 is 2. The van der Waals surface area contributed by atoms with E-state index in [9.17, 15) is 13.2 Å². The van der Waals surface area contributed by atoms with Crippen molar-refractivity contribution in [3.8, 4) is 11.5 Å². The average molecular weight is 445 g/mol. The van der Waals surface area contributed by atoms with Crippen molar-refractivity contribution < 1.29 is 22.7 Å². The molecular formula is C23H28N2O5S. The number of para-hydroxylation sites is 2. The van der Waals surface area contributed by atoms with E-state index in [2.05, 4.69) is 10.0 Å². The highest BCUT2D eigenvalue weighted by Crippen LogP contribution is 2.49. The van der Waals surface area contributed by atoms with Crippen molar-refractivity contribution in [3.05, 3.63) is 42.5 Å². The van der Waals surface area contributed by atoms with Gasteiger partial charge in [-0.3, -0.25) is 9.52 Å². The van der Waals surface area contributed by atoms with Crippen molar-refractivity contribution in [1.82, 2.24) is 0 Å². The Morgan fingerprint density at radius 3 is 2.42 bits per heavy atom. The van der Waals surface area contributed by atoms with Gasteiger partial charge in [0.15, 0.2) is 0 Å². The van der Waals surface area contributed by atoms with Gasteiger partial charge >= 0.3 is 0 Å². The maximum Gasteiger partial charge on any atom is 0.262 e. The average Bonchev–Trinajstić information content (AvgIpc) is 3.37. The molecule has 4 rings (SSSR count). The van der Waals surface area contributed by atoms with Crippen LogP contribution in [0.1, 0.15) is 32.1 Å². The van der Waals surface area contributed by atoms with Crippen LogP contribution < -0.4 is 19.5 Å². The van der Waals surface area contributed by atoms with Crippen LogP contribution in [0.2, 0.25) is 0 Å². The molecule has 0 spiro atoms. The molecule has 2 fully saturated rings. The Hall–Kier alpha value is -2.74. The molecule has 3 atom stereocenters. The van der Waals surface area contributed by atoms with Crippen LogP contribution in [0.4, 0.5) is 11.4 Å². The molecule has 2 saturated carbocycles. The molecule has 0 aliphatic heterocycles. The van der Waals surface area contributed by atoms with Gasteiger partial charge in [0.1, 0.15) is 11.5 Å². The number of nitrogens with one attached hydrogen (secondary N) is 2. The number of carbonyl (C=O) groups excluding carboxylic acids is 1. The standard InChI is InChI=1S/C23H28N2O5S/c1-29-21-6-4-3-5-19(21)25-31(27,28)18-9-10-22(30-2)20(14-18)24-23(26)13-17-12-15-7-8-16(17)11-15/h3-6,9-10,14-17,25H,7-8,11-13H2,1-2H3,(H,24,26)/t15-,16-,17-/m0/s1. The van der Waals surface area contributed by atoms with Gasteiger partial charge in [-0.2, -0.15) is 0 Å². The van der Waals surface area contributed by atoms with Gasteiger partial charge in [0.05, 0.1) is 30.5 Å². The molecule has 1 amide bonds. The van der Waals surface area contributed by atoms with E-state index < -0.39 is 10.0 Å². The zero-order valence-electron chi connectivity index (χ0n) is 17.8. The van der Waals surface area contributed by atoms with Crippen LogP contribution >= 0.6 is 0 Å². The molecule has 31 heavy (non-hydrogen) atoms. The SMILES string of the molecule is COc1ccc(S(=O)(=O)Nc2ccccc2OC)cc1NC(=O)C[C@@H]1C[C@H]2CC[C@H]1C2. The molecule has 0 heterocycles. The summed E-state index contributed by atoms with van der Waals surface area (Å²) in [6, 6.07) is 11.2. The van der Waals surface area contributed by atoms with Crippen LogP contribution in [0, 0.1) is 17.8 Å². The van der Waals surface area contributed by atoms with Crippen molar-refractivity contribution in [3.63, 3.8) is 0 Å². The molecule has 0 radical (unpaired) electrons. The molecule has 2 aromatic carbocycles. The predicted molar refractivity (Wildman–Crippen MR) is 119 cm³/mol. The lowest BCUT2D eigenvalue weighted by atomic mass is 9.86. The summed E-state index contributed by atoms with van der Waals surface area (Å²) in [4.78, 5) is 12.7. The van der Waals surface area contributed by atoms with E-state index in [1.165, 1.54) is 45.6 Å². The second kappa shape index (κ2) is 8.78. The summed E-state index contributed by atoms with van der Waals surface area (Å²) in [6.45, 7) is 0. The molecule has 0 unspecified atom stereocenters. The van der Waals surface area contributed by atoms with Gasteiger partial charge in [-0.25, -0.2) is 8.42 Å². The fraction of sp³-hybridized carbons (Fsp3) is 0.435. The Kier molecular flexibility index (Phi) is 6.09. The Bertz CT molecular complexity index is 1070. The van der Waals surface area contributed by atoms with E-state index in [4.69, 9.17) is 9.47 Å². The monoisotopic (exact) mass is 444 g/mol. The number of benzene rings is 2. The summed E-state index contributed by atoms with van der Waals surface area (Å²) in [5.74, 6) is 2.56. The second-order valence-electron chi connectivity index (χ2n) is 8.36. The molecule has 2 aromatic rings. The van der Waals surface area contributed by atoms with Crippen LogP contribution in [0.3, 0.4) is 0 Å². The Morgan fingerprint density at radius 2 is 1.74 bits per heavy atom. The van der Waals surface area contributed by atoms with Gasteiger partial charge in [-0.05, 0) is 67.3 Å². The quantitative estimate of drug-likeness (QED) is 0.634. The molecule has 8 heteroatoms. The lowest BCUT2D eigenvalue weighted by Gasteiger charge is -2.21. The largest absolute Gasteiger partial charge is 0.495 e. The summed E-state index contributed by atoms with van der Waals surface area (Å²) < 4.78 is 39.0. The van der Waals surface area contributed by atoms with Gasteiger partial charge in [-0.1, -0.05) is 18.6 Å². The van der Waals surface area contributed by atoms with E-state index in [1.807, 2.05) is 0 Å². The molecule has 0 saturated heterocycles. The number of hydrogen-bond donors (Lipinski definition) is 2. The molecule has 7 nitrogen and oxygen atoms in total. The van der Waals surface area contributed by atoms with E-state index in [0.717, 1.165) is 12.3 Å². The van der Waals surface area contributed by atoms with Crippen molar-refractivity contribution in [2.75, 3.05) is 24.3 Å². The van der Waals surface area contributed by atoms with E-state index in [1.54, 1.807) is 30.3 Å². The molecular weight excluding hydrogens is 416 g/mol. The van der Waals surface area contributed by atoms with Crippen LogP contribution in [0.5, 0.6) is 11.5 Å². The summed E-state index contributed by atoms with van der Waals surface area (Å²) >= 11 is 0. The van der Waals surface area contributed by atoms with Crippen molar-refractivity contribution in [2.45, 2.75) is 37.0 Å². The number of hydrogen-bond acceptors (Lipinski definition) is 5. The first kappa shape index (κ1) is 21.5. The maximum atomic E-state index is 13.0. The number of anilines is 2.